The maximum Gasteiger partial charge on any atom is 0.326 e. The van der Waals surface area contributed by atoms with E-state index in [2.05, 4.69) is 5.32 Å². The van der Waals surface area contributed by atoms with E-state index in [4.69, 9.17) is 4.74 Å². The molecule has 0 saturated carbocycles. The molecule has 1 unspecified atom stereocenters. The quantitative estimate of drug-likeness (QED) is 0.126. The van der Waals surface area contributed by atoms with E-state index in [1.165, 1.54) is 0 Å². The Morgan fingerprint density at radius 3 is 2.16 bits per heavy atom. The summed E-state index contributed by atoms with van der Waals surface area (Å²) in [7, 11) is 0. The monoisotopic (exact) mass is 578 g/mol. The lowest BCUT2D eigenvalue weighted by molar-refractivity contribution is -0.137. The number of carbonyl (C=O) groups excluding carboxylic acids is 2. The van der Waals surface area contributed by atoms with Gasteiger partial charge in [0.2, 0.25) is 5.91 Å². The zero-order valence-corrected chi connectivity index (χ0v) is 24.8. The van der Waals surface area contributed by atoms with Crippen molar-refractivity contribution in [2.75, 3.05) is 23.4 Å². The van der Waals surface area contributed by atoms with Crippen LogP contribution in [0.25, 0.3) is 0 Å². The second-order valence-electron chi connectivity index (χ2n) is 10.8. The van der Waals surface area contributed by atoms with E-state index in [1.54, 1.807) is 48.5 Å². The second-order valence-corrected chi connectivity index (χ2v) is 10.8. The molecule has 0 aromatic heterocycles. The molecule has 0 saturated heterocycles. The molecule has 7 nitrogen and oxygen atoms in total. The number of nitrogens with one attached hydrogen (secondary N) is 1. The number of ether oxygens (including phenoxy) is 1. The van der Waals surface area contributed by atoms with Gasteiger partial charge in [0, 0.05) is 41.4 Å². The van der Waals surface area contributed by atoms with E-state index in [-0.39, 0.29) is 24.0 Å². The lowest BCUT2D eigenvalue weighted by Crippen LogP contribution is -2.36. The Bertz CT molecular complexity index is 1530. The van der Waals surface area contributed by atoms with E-state index in [0.717, 1.165) is 16.8 Å². The number of para-hydroxylation sites is 2. The van der Waals surface area contributed by atoms with Gasteiger partial charge in [-0.15, -0.1) is 0 Å². The molecule has 4 rings (SSSR count). The number of hydrogen-bond acceptors (Lipinski definition) is 5. The highest BCUT2D eigenvalue weighted by atomic mass is 16.5. The summed E-state index contributed by atoms with van der Waals surface area (Å²) >= 11 is 0. The number of hydrogen-bond donors (Lipinski definition) is 2. The van der Waals surface area contributed by atoms with Gasteiger partial charge in [0.25, 0.3) is 0 Å². The Hall–Kier alpha value is -4.91. The Morgan fingerprint density at radius 2 is 1.49 bits per heavy atom. The standard InChI is InChI=1S/C36H38N2O5/c1-25(2)35(40)38(33-17-10-7-12-26(33)3)22-11-23-43-29-20-18-27(19-21-29)24-32(36(41)42)37-31-16-9-8-15-30(31)34(39)28-13-5-4-6-14-28/h4-10,12-21,25,32,37H,11,22-24H2,1-3H3,(H,41,42). The number of anilines is 2. The molecule has 0 spiro atoms. The predicted octanol–water partition coefficient (Wildman–Crippen LogP) is 6.79. The van der Waals surface area contributed by atoms with Crippen LogP contribution in [-0.4, -0.2) is 42.0 Å². The Balaban J connectivity index is 1.35. The summed E-state index contributed by atoms with van der Waals surface area (Å²) in [5.74, 6) is -0.566. The minimum atomic E-state index is -1.02. The van der Waals surface area contributed by atoms with Crippen LogP contribution in [0.5, 0.6) is 5.75 Å². The fourth-order valence-corrected chi connectivity index (χ4v) is 4.84. The smallest absolute Gasteiger partial charge is 0.326 e. The highest BCUT2D eigenvalue weighted by molar-refractivity contribution is 6.12. The number of carboxylic acid groups (broad SMARTS) is 1. The minimum Gasteiger partial charge on any atom is -0.494 e. The Kier molecular flexibility index (Phi) is 10.7. The molecular weight excluding hydrogens is 540 g/mol. The van der Waals surface area contributed by atoms with Crippen molar-refractivity contribution in [2.45, 2.75) is 39.7 Å². The number of rotatable bonds is 14. The third-order valence-corrected chi connectivity index (χ3v) is 7.16. The van der Waals surface area contributed by atoms with Gasteiger partial charge in [-0.1, -0.05) is 86.6 Å². The van der Waals surface area contributed by atoms with Crippen LogP contribution in [0.1, 0.15) is 47.3 Å². The largest absolute Gasteiger partial charge is 0.494 e. The fraction of sp³-hybridized carbons (Fsp3) is 0.250. The SMILES string of the molecule is Cc1ccccc1N(CCCOc1ccc(CC(Nc2ccccc2C(=O)c2ccccc2)C(=O)O)cc1)C(=O)C(C)C. The van der Waals surface area contributed by atoms with E-state index in [9.17, 15) is 19.5 Å². The zero-order chi connectivity index (χ0) is 30.8. The number of ketones is 1. The first-order chi connectivity index (χ1) is 20.7. The van der Waals surface area contributed by atoms with Crippen molar-refractivity contribution in [3.63, 3.8) is 0 Å². The molecule has 43 heavy (non-hydrogen) atoms. The van der Waals surface area contributed by atoms with Crippen molar-refractivity contribution in [3.05, 3.63) is 125 Å². The summed E-state index contributed by atoms with van der Waals surface area (Å²) in [5, 5.41) is 13.0. The van der Waals surface area contributed by atoms with Gasteiger partial charge in [-0.2, -0.15) is 0 Å². The molecule has 1 amide bonds. The number of benzene rings is 4. The summed E-state index contributed by atoms with van der Waals surface area (Å²) in [4.78, 5) is 40.0. The highest BCUT2D eigenvalue weighted by Gasteiger charge is 2.22. The van der Waals surface area contributed by atoms with Crippen LogP contribution in [0.3, 0.4) is 0 Å². The molecule has 0 fully saturated rings. The Morgan fingerprint density at radius 1 is 0.837 bits per heavy atom. The van der Waals surface area contributed by atoms with Crippen LogP contribution >= 0.6 is 0 Å². The van der Waals surface area contributed by atoms with Crippen molar-refractivity contribution >= 4 is 29.0 Å². The molecule has 0 bridgehead atoms. The normalized spacial score (nSPS) is 11.5. The van der Waals surface area contributed by atoms with Gasteiger partial charge >= 0.3 is 5.97 Å². The molecule has 0 aliphatic heterocycles. The van der Waals surface area contributed by atoms with Gasteiger partial charge in [-0.05, 0) is 54.8 Å². The van der Waals surface area contributed by atoms with Crippen molar-refractivity contribution in [1.29, 1.82) is 0 Å². The van der Waals surface area contributed by atoms with Crippen LogP contribution in [0.2, 0.25) is 0 Å². The molecule has 2 N–H and O–H groups in total. The first-order valence-electron chi connectivity index (χ1n) is 14.5. The molecule has 222 valence electrons. The molecule has 4 aromatic carbocycles. The van der Waals surface area contributed by atoms with Gasteiger partial charge in [0.1, 0.15) is 11.8 Å². The zero-order valence-electron chi connectivity index (χ0n) is 24.8. The van der Waals surface area contributed by atoms with Gasteiger partial charge in [0.05, 0.1) is 6.61 Å². The molecule has 0 aliphatic rings. The number of aryl methyl sites for hydroxylation is 1. The molecule has 1 atom stereocenters. The Labute approximate surface area is 253 Å². The van der Waals surface area contributed by atoms with Gasteiger partial charge < -0.3 is 20.1 Å². The van der Waals surface area contributed by atoms with Crippen molar-refractivity contribution in [3.8, 4) is 5.75 Å². The van der Waals surface area contributed by atoms with Crippen LogP contribution in [0.15, 0.2) is 103 Å². The molecule has 0 aliphatic carbocycles. The number of nitrogens with zero attached hydrogens (tertiary/aromatic N) is 1. The average Bonchev–Trinajstić information content (AvgIpc) is 3.02. The predicted molar refractivity (Wildman–Crippen MR) is 170 cm³/mol. The lowest BCUT2D eigenvalue weighted by atomic mass is 10.00. The number of carboxylic acids is 1. The van der Waals surface area contributed by atoms with E-state index in [1.807, 2.05) is 80.3 Å². The molecule has 0 heterocycles. The van der Waals surface area contributed by atoms with Crippen molar-refractivity contribution in [1.82, 2.24) is 0 Å². The lowest BCUT2D eigenvalue weighted by Gasteiger charge is -2.26. The first-order valence-corrected chi connectivity index (χ1v) is 14.5. The summed E-state index contributed by atoms with van der Waals surface area (Å²) in [6.45, 7) is 6.78. The number of carbonyl (C=O) groups is 3. The molecule has 4 aromatic rings. The summed E-state index contributed by atoms with van der Waals surface area (Å²) in [6, 6.07) is 30.1. The van der Waals surface area contributed by atoms with E-state index >= 15 is 0 Å². The van der Waals surface area contributed by atoms with Crippen LogP contribution in [0, 0.1) is 12.8 Å². The summed E-state index contributed by atoms with van der Waals surface area (Å²) in [5.41, 5.74) is 4.20. The maximum atomic E-state index is 13.1. The number of amides is 1. The summed E-state index contributed by atoms with van der Waals surface area (Å²) < 4.78 is 5.94. The molecule has 0 radical (unpaired) electrons. The average molecular weight is 579 g/mol. The fourth-order valence-electron chi connectivity index (χ4n) is 4.84. The summed E-state index contributed by atoms with van der Waals surface area (Å²) in [6.07, 6.45) is 0.868. The van der Waals surface area contributed by atoms with Gasteiger partial charge in [0.15, 0.2) is 5.78 Å². The topological polar surface area (TPSA) is 95.9 Å². The van der Waals surface area contributed by atoms with Crippen LogP contribution in [0.4, 0.5) is 11.4 Å². The van der Waals surface area contributed by atoms with Crippen LogP contribution in [-0.2, 0) is 16.0 Å². The van der Waals surface area contributed by atoms with Gasteiger partial charge in [-0.25, -0.2) is 4.79 Å². The third-order valence-electron chi connectivity index (χ3n) is 7.16. The highest BCUT2D eigenvalue weighted by Crippen LogP contribution is 2.23. The number of aliphatic carboxylic acids is 1. The maximum absolute atomic E-state index is 13.1. The first kappa shape index (κ1) is 31.0. The third kappa shape index (κ3) is 8.32. The van der Waals surface area contributed by atoms with Crippen molar-refractivity contribution < 1.29 is 24.2 Å². The van der Waals surface area contributed by atoms with E-state index in [0.29, 0.717) is 42.1 Å². The van der Waals surface area contributed by atoms with Crippen molar-refractivity contribution in [2.24, 2.45) is 5.92 Å². The van der Waals surface area contributed by atoms with Gasteiger partial charge in [-0.3, -0.25) is 9.59 Å². The molecule has 7 heteroatoms. The van der Waals surface area contributed by atoms with E-state index < -0.39 is 12.0 Å². The molecular formula is C36H38N2O5. The van der Waals surface area contributed by atoms with Crippen LogP contribution < -0.4 is 15.0 Å². The minimum absolute atomic E-state index is 0.0762. The second kappa shape index (κ2) is 14.8.